The Balaban J connectivity index is 1.31. The van der Waals surface area contributed by atoms with Gasteiger partial charge in [0.2, 0.25) is 5.13 Å². The van der Waals surface area contributed by atoms with E-state index in [1.54, 1.807) is 60.7 Å². The molecule has 0 aliphatic carbocycles. The number of hydrogen-bond acceptors (Lipinski definition) is 9. The summed E-state index contributed by atoms with van der Waals surface area (Å²) in [7, 11) is 0. The molecule has 1 N–H and O–H groups in total. The average molecular weight is 682 g/mol. The molecule has 0 saturated carbocycles. The fraction of sp³-hybridized carbons (Fsp3) is 0.189. The van der Waals surface area contributed by atoms with Crippen molar-refractivity contribution in [3.63, 3.8) is 0 Å². The number of aromatic nitrogens is 2. The van der Waals surface area contributed by atoms with Crippen molar-refractivity contribution in [1.82, 2.24) is 10.2 Å². The molecular weight excluding hydrogens is 650 g/mol. The number of ether oxygens (including phenoxy) is 2. The third kappa shape index (κ3) is 7.58. The van der Waals surface area contributed by atoms with Gasteiger partial charge in [0.25, 0.3) is 5.78 Å². The number of benzene rings is 4. The molecule has 5 aromatic rings. The maximum atomic E-state index is 13.7. The lowest BCUT2D eigenvalue weighted by atomic mass is 9.95. The van der Waals surface area contributed by atoms with Gasteiger partial charge >= 0.3 is 5.91 Å². The van der Waals surface area contributed by atoms with Crippen molar-refractivity contribution in [2.45, 2.75) is 42.5 Å². The lowest BCUT2D eigenvalue weighted by molar-refractivity contribution is -0.132. The van der Waals surface area contributed by atoms with Crippen LogP contribution in [-0.2, 0) is 21.9 Å². The van der Waals surface area contributed by atoms with E-state index < -0.39 is 17.7 Å². The van der Waals surface area contributed by atoms with Crippen LogP contribution in [0.15, 0.2) is 113 Å². The van der Waals surface area contributed by atoms with E-state index in [1.165, 1.54) is 28.8 Å². The van der Waals surface area contributed by atoms with Gasteiger partial charge in [0.15, 0.2) is 4.34 Å². The lowest BCUT2D eigenvalue weighted by Gasteiger charge is -2.22. The van der Waals surface area contributed by atoms with Crippen molar-refractivity contribution in [2.75, 3.05) is 11.5 Å². The van der Waals surface area contributed by atoms with Crippen LogP contribution < -0.4 is 14.4 Å². The summed E-state index contributed by atoms with van der Waals surface area (Å²) in [4.78, 5) is 28.6. The Kier molecular flexibility index (Phi) is 10.5. The predicted octanol–water partition coefficient (Wildman–Crippen LogP) is 8.35. The number of anilines is 1. The SMILES string of the molecule is CCCCOc1ccc(C(O)=C2C(=O)C(=O)N(c3nnc(SCc4ccc(F)cc4)s3)[C@H]2c2ccc(OCc3ccccc3)cc2)cc1. The van der Waals surface area contributed by atoms with Crippen LogP contribution in [0.5, 0.6) is 11.5 Å². The van der Waals surface area contributed by atoms with Gasteiger partial charge in [-0.25, -0.2) is 4.39 Å². The first-order valence-electron chi connectivity index (χ1n) is 15.4. The smallest absolute Gasteiger partial charge is 0.301 e. The Morgan fingerprint density at radius 3 is 2.27 bits per heavy atom. The van der Waals surface area contributed by atoms with E-state index in [4.69, 9.17) is 9.47 Å². The maximum Gasteiger partial charge on any atom is 0.301 e. The number of halogens is 1. The lowest BCUT2D eigenvalue weighted by Crippen LogP contribution is -2.29. The van der Waals surface area contributed by atoms with Crippen molar-refractivity contribution in [2.24, 2.45) is 0 Å². The first kappa shape index (κ1) is 32.9. The van der Waals surface area contributed by atoms with Crippen LogP contribution in [0.1, 0.15) is 48.1 Å². The fourth-order valence-corrected chi connectivity index (χ4v) is 6.94. The first-order valence-corrected chi connectivity index (χ1v) is 17.2. The highest BCUT2D eigenvalue weighted by molar-refractivity contribution is 8.00. The Morgan fingerprint density at radius 1 is 0.875 bits per heavy atom. The average Bonchev–Trinajstić information content (AvgIpc) is 3.69. The summed E-state index contributed by atoms with van der Waals surface area (Å²) >= 11 is 2.55. The van der Waals surface area contributed by atoms with Gasteiger partial charge in [-0.3, -0.25) is 14.5 Å². The quantitative estimate of drug-likeness (QED) is 0.0331. The highest BCUT2D eigenvalue weighted by Crippen LogP contribution is 2.44. The minimum absolute atomic E-state index is 0.0617. The minimum Gasteiger partial charge on any atom is -0.507 e. The monoisotopic (exact) mass is 681 g/mol. The van der Waals surface area contributed by atoms with Crippen LogP contribution in [0.3, 0.4) is 0 Å². The minimum atomic E-state index is -0.975. The zero-order chi connectivity index (χ0) is 33.5. The summed E-state index contributed by atoms with van der Waals surface area (Å²) in [5, 5.41) is 20.3. The van der Waals surface area contributed by atoms with Gasteiger partial charge in [0, 0.05) is 11.3 Å². The largest absolute Gasteiger partial charge is 0.507 e. The third-order valence-corrected chi connectivity index (χ3v) is 9.79. The van der Waals surface area contributed by atoms with Gasteiger partial charge in [0.1, 0.15) is 29.7 Å². The Bertz CT molecular complexity index is 1900. The van der Waals surface area contributed by atoms with Gasteiger partial charge < -0.3 is 14.6 Å². The van der Waals surface area contributed by atoms with E-state index in [9.17, 15) is 19.1 Å². The Morgan fingerprint density at radius 2 is 1.56 bits per heavy atom. The number of aliphatic hydroxyl groups is 1. The predicted molar refractivity (Wildman–Crippen MR) is 185 cm³/mol. The second-order valence-electron chi connectivity index (χ2n) is 11.0. The molecular formula is C37H32FN3O5S2. The van der Waals surface area contributed by atoms with Crippen LogP contribution in [0, 0.1) is 5.82 Å². The number of carbonyl (C=O) groups is 2. The molecule has 48 heavy (non-hydrogen) atoms. The fourth-order valence-electron chi connectivity index (χ4n) is 5.12. The zero-order valence-corrected chi connectivity index (χ0v) is 27.7. The van der Waals surface area contributed by atoms with E-state index in [1.807, 2.05) is 30.3 Å². The molecule has 244 valence electrons. The molecule has 4 aromatic carbocycles. The highest BCUT2D eigenvalue weighted by Gasteiger charge is 2.48. The summed E-state index contributed by atoms with van der Waals surface area (Å²) in [5.74, 6) is -0.515. The summed E-state index contributed by atoms with van der Waals surface area (Å²) in [5.41, 5.74) is 2.80. The van der Waals surface area contributed by atoms with Gasteiger partial charge in [-0.15, -0.1) is 10.2 Å². The van der Waals surface area contributed by atoms with Gasteiger partial charge in [0.05, 0.1) is 18.2 Å². The standard InChI is InChI=1S/C37H32FN3O5S2/c1-2-3-21-45-29-19-13-27(14-20-29)33(42)31-32(26-11-17-30(18-12-26)46-22-24-7-5-4-6-8-24)41(35(44)34(31)43)36-39-40-37(48-36)47-23-25-9-15-28(38)16-10-25/h4-20,32,42H,2-3,21-23H2,1H3/t32-/m0/s1. The number of amides is 1. The van der Waals surface area contributed by atoms with E-state index in [-0.39, 0.29) is 22.3 Å². The Labute approximate surface area is 285 Å². The second kappa shape index (κ2) is 15.3. The molecule has 8 nitrogen and oxygen atoms in total. The van der Waals surface area contributed by atoms with Crippen molar-refractivity contribution in [3.8, 4) is 11.5 Å². The van der Waals surface area contributed by atoms with Crippen molar-refractivity contribution in [3.05, 3.63) is 137 Å². The summed E-state index contributed by atoms with van der Waals surface area (Å²) in [6.45, 7) is 3.03. The van der Waals surface area contributed by atoms with E-state index in [0.29, 0.717) is 45.9 Å². The topological polar surface area (TPSA) is 102 Å². The maximum absolute atomic E-state index is 13.7. The van der Waals surface area contributed by atoms with E-state index in [0.717, 1.165) is 35.3 Å². The number of ketones is 1. The number of aliphatic hydroxyl groups excluding tert-OH is 1. The van der Waals surface area contributed by atoms with Crippen LogP contribution >= 0.6 is 23.1 Å². The van der Waals surface area contributed by atoms with Gasteiger partial charge in [-0.2, -0.15) is 0 Å². The molecule has 0 unspecified atom stereocenters. The molecule has 0 bridgehead atoms. The molecule has 1 aliphatic heterocycles. The first-order chi connectivity index (χ1) is 23.4. The van der Waals surface area contributed by atoms with Crippen molar-refractivity contribution in [1.29, 1.82) is 0 Å². The number of nitrogens with zero attached hydrogens (tertiary/aromatic N) is 3. The van der Waals surface area contributed by atoms with Crippen LogP contribution in [0.4, 0.5) is 9.52 Å². The molecule has 1 aromatic heterocycles. The molecule has 1 atom stereocenters. The van der Waals surface area contributed by atoms with Gasteiger partial charge in [-0.05, 0) is 71.6 Å². The number of hydrogen-bond donors (Lipinski definition) is 1. The van der Waals surface area contributed by atoms with Crippen LogP contribution in [0.25, 0.3) is 5.76 Å². The summed E-state index contributed by atoms with van der Waals surface area (Å²) < 4.78 is 25.6. The summed E-state index contributed by atoms with van der Waals surface area (Å²) in [6, 6.07) is 28.8. The number of rotatable bonds is 13. The molecule has 0 spiro atoms. The Hall–Kier alpha value is -5.00. The van der Waals surface area contributed by atoms with E-state index >= 15 is 0 Å². The molecule has 1 saturated heterocycles. The van der Waals surface area contributed by atoms with Crippen molar-refractivity contribution >= 4 is 45.7 Å². The van der Waals surface area contributed by atoms with Crippen LogP contribution in [-0.4, -0.2) is 33.6 Å². The summed E-state index contributed by atoms with van der Waals surface area (Å²) in [6.07, 6.45) is 1.92. The number of unbranched alkanes of at least 4 members (excludes halogenated alkanes) is 1. The molecule has 1 aliphatic rings. The molecule has 6 rings (SSSR count). The third-order valence-electron chi connectivity index (χ3n) is 7.66. The normalized spacial score (nSPS) is 15.5. The molecule has 2 heterocycles. The van der Waals surface area contributed by atoms with Crippen molar-refractivity contribution < 1.29 is 28.6 Å². The zero-order valence-electron chi connectivity index (χ0n) is 26.0. The van der Waals surface area contributed by atoms with E-state index in [2.05, 4.69) is 17.1 Å². The molecule has 0 radical (unpaired) electrons. The van der Waals surface area contributed by atoms with Crippen LogP contribution in [0.2, 0.25) is 0 Å². The number of thioether (sulfide) groups is 1. The molecule has 1 fully saturated rings. The number of carbonyl (C=O) groups excluding carboxylic acids is 2. The molecule has 11 heteroatoms. The highest BCUT2D eigenvalue weighted by atomic mass is 32.2. The van der Waals surface area contributed by atoms with Gasteiger partial charge in [-0.1, -0.05) is 91.0 Å². The number of Topliss-reactive ketones (excluding diaryl/α,β-unsaturated/α-hetero) is 1. The second-order valence-corrected chi connectivity index (χ2v) is 13.2. The molecule has 1 amide bonds.